The van der Waals surface area contributed by atoms with Crippen LogP contribution in [0.5, 0.6) is 5.75 Å². The van der Waals surface area contributed by atoms with E-state index in [1.165, 1.54) is 6.92 Å². The fraction of sp³-hybridized carbons (Fsp3) is 0.526. The van der Waals surface area contributed by atoms with E-state index in [0.29, 0.717) is 26.2 Å². The van der Waals surface area contributed by atoms with Gasteiger partial charge >= 0.3 is 0 Å². The zero-order chi connectivity index (χ0) is 18.4. The molecule has 2 amide bonds. The number of ketones is 1. The molecule has 2 rings (SSSR count). The number of ether oxygens (including phenoxy) is 1. The fourth-order valence-electron chi connectivity index (χ4n) is 2.76. The van der Waals surface area contributed by atoms with E-state index >= 15 is 0 Å². The van der Waals surface area contributed by atoms with Crippen molar-refractivity contribution in [1.29, 1.82) is 0 Å². The first-order valence-electron chi connectivity index (χ1n) is 8.62. The van der Waals surface area contributed by atoms with Crippen LogP contribution in [0.15, 0.2) is 18.2 Å². The van der Waals surface area contributed by atoms with Crippen molar-refractivity contribution in [3.63, 3.8) is 0 Å². The topological polar surface area (TPSA) is 66.9 Å². The minimum Gasteiger partial charge on any atom is -0.483 e. The largest absolute Gasteiger partial charge is 0.483 e. The number of benzene rings is 1. The van der Waals surface area contributed by atoms with Crippen LogP contribution in [-0.2, 0) is 14.4 Å². The average Bonchev–Trinajstić information content (AvgIpc) is 2.60. The van der Waals surface area contributed by atoms with E-state index in [4.69, 9.17) is 4.74 Å². The molecule has 1 aromatic carbocycles. The van der Waals surface area contributed by atoms with E-state index in [1.807, 2.05) is 32.0 Å². The molecule has 6 heteroatoms. The molecule has 0 radical (unpaired) electrons. The number of Topliss-reactive ketones (excluding diaryl/α,β-unsaturated/α-hetero) is 1. The summed E-state index contributed by atoms with van der Waals surface area (Å²) in [5.74, 6) is 0.655. The van der Waals surface area contributed by atoms with Gasteiger partial charge in [-0.05, 0) is 38.0 Å². The third-order valence-electron chi connectivity index (χ3n) is 4.58. The number of carbonyl (C=O) groups excluding carboxylic acids is 3. The second-order valence-corrected chi connectivity index (χ2v) is 6.45. The lowest BCUT2D eigenvalue weighted by Gasteiger charge is -2.34. The fourth-order valence-corrected chi connectivity index (χ4v) is 2.76. The molecule has 136 valence electrons. The van der Waals surface area contributed by atoms with Crippen LogP contribution < -0.4 is 4.74 Å². The maximum Gasteiger partial charge on any atom is 0.260 e. The van der Waals surface area contributed by atoms with E-state index in [2.05, 4.69) is 0 Å². The summed E-state index contributed by atoms with van der Waals surface area (Å²) in [6, 6.07) is 5.78. The highest BCUT2D eigenvalue weighted by atomic mass is 16.5. The van der Waals surface area contributed by atoms with Gasteiger partial charge in [0.15, 0.2) is 6.61 Å². The Hall–Kier alpha value is -2.37. The molecule has 6 nitrogen and oxygen atoms in total. The van der Waals surface area contributed by atoms with Crippen LogP contribution in [0, 0.1) is 13.8 Å². The van der Waals surface area contributed by atoms with Crippen molar-refractivity contribution in [1.82, 2.24) is 9.80 Å². The SMILES string of the molecule is CC(=O)CCC(=O)N1CCN(C(=O)COc2cccc(C)c2C)CC1. The molecule has 25 heavy (non-hydrogen) atoms. The molecule has 1 aliphatic rings. The van der Waals surface area contributed by atoms with Crippen LogP contribution in [-0.4, -0.2) is 60.2 Å². The second kappa shape index (κ2) is 8.65. The van der Waals surface area contributed by atoms with Gasteiger partial charge in [-0.1, -0.05) is 12.1 Å². The van der Waals surface area contributed by atoms with Gasteiger partial charge in [0.2, 0.25) is 5.91 Å². The third-order valence-corrected chi connectivity index (χ3v) is 4.58. The van der Waals surface area contributed by atoms with Crippen LogP contribution >= 0.6 is 0 Å². The van der Waals surface area contributed by atoms with Crippen LogP contribution in [0.25, 0.3) is 0 Å². The predicted octanol–water partition coefficient (Wildman–Crippen LogP) is 1.72. The molecule has 0 atom stereocenters. The average molecular weight is 346 g/mol. The zero-order valence-electron chi connectivity index (χ0n) is 15.2. The summed E-state index contributed by atoms with van der Waals surface area (Å²) in [6.45, 7) is 7.48. The molecule has 0 saturated carbocycles. The van der Waals surface area contributed by atoms with Crippen LogP contribution in [0.1, 0.15) is 30.9 Å². The van der Waals surface area contributed by atoms with Crippen molar-refractivity contribution in [3.05, 3.63) is 29.3 Å². The number of carbonyl (C=O) groups is 3. The summed E-state index contributed by atoms with van der Waals surface area (Å²) < 4.78 is 5.66. The van der Waals surface area contributed by atoms with Gasteiger partial charge in [0, 0.05) is 39.0 Å². The molecule has 0 bridgehead atoms. The Morgan fingerprint density at radius 2 is 1.56 bits per heavy atom. The lowest BCUT2D eigenvalue weighted by atomic mass is 10.1. The normalized spacial score (nSPS) is 14.4. The Morgan fingerprint density at radius 3 is 2.16 bits per heavy atom. The standard InChI is InChI=1S/C19H26N2O4/c1-14-5-4-6-17(16(14)3)25-13-19(24)21-11-9-20(10-12-21)18(23)8-7-15(2)22/h4-6H,7-13H2,1-3H3. The molecule has 0 N–H and O–H groups in total. The second-order valence-electron chi connectivity index (χ2n) is 6.45. The molecular formula is C19H26N2O4. The van der Waals surface area contributed by atoms with Crippen LogP contribution in [0.2, 0.25) is 0 Å². The maximum atomic E-state index is 12.3. The number of rotatable bonds is 6. The number of hydrogen-bond acceptors (Lipinski definition) is 4. The maximum absolute atomic E-state index is 12.3. The van der Waals surface area contributed by atoms with Crippen molar-refractivity contribution in [3.8, 4) is 5.75 Å². The van der Waals surface area contributed by atoms with Gasteiger partial charge < -0.3 is 19.3 Å². The van der Waals surface area contributed by atoms with Crippen LogP contribution in [0.3, 0.4) is 0 Å². The first-order valence-corrected chi connectivity index (χ1v) is 8.62. The third kappa shape index (κ3) is 5.31. The van der Waals surface area contributed by atoms with Gasteiger partial charge in [-0.3, -0.25) is 9.59 Å². The molecule has 1 aliphatic heterocycles. The number of hydrogen-bond donors (Lipinski definition) is 0. The Bertz CT molecular complexity index is 649. The van der Waals surface area contributed by atoms with Gasteiger partial charge in [-0.2, -0.15) is 0 Å². The molecule has 0 aliphatic carbocycles. The minimum absolute atomic E-state index is 0.00256. The highest BCUT2D eigenvalue weighted by Crippen LogP contribution is 2.20. The summed E-state index contributed by atoms with van der Waals surface area (Å²) in [4.78, 5) is 38.7. The van der Waals surface area contributed by atoms with Crippen LogP contribution in [0.4, 0.5) is 0 Å². The molecule has 0 unspecified atom stereocenters. The molecule has 1 saturated heterocycles. The Morgan fingerprint density at radius 1 is 0.960 bits per heavy atom. The number of amides is 2. The van der Waals surface area contributed by atoms with E-state index in [-0.39, 0.29) is 37.0 Å². The lowest BCUT2D eigenvalue weighted by molar-refractivity contribution is -0.141. The first-order chi connectivity index (χ1) is 11.9. The van der Waals surface area contributed by atoms with Crippen molar-refractivity contribution in [2.24, 2.45) is 0 Å². The smallest absolute Gasteiger partial charge is 0.260 e. The molecule has 1 fully saturated rings. The highest BCUT2D eigenvalue weighted by Gasteiger charge is 2.24. The Balaban J connectivity index is 1.78. The van der Waals surface area contributed by atoms with E-state index in [9.17, 15) is 14.4 Å². The Labute approximate surface area is 148 Å². The number of aryl methyl sites for hydroxylation is 1. The predicted molar refractivity (Wildman–Crippen MR) is 94.5 cm³/mol. The zero-order valence-corrected chi connectivity index (χ0v) is 15.2. The van der Waals surface area contributed by atoms with Crippen molar-refractivity contribution >= 4 is 17.6 Å². The van der Waals surface area contributed by atoms with Crippen molar-refractivity contribution < 1.29 is 19.1 Å². The summed E-state index contributed by atoms with van der Waals surface area (Å²) in [7, 11) is 0. The van der Waals surface area contributed by atoms with E-state index in [0.717, 1.165) is 16.9 Å². The van der Waals surface area contributed by atoms with Gasteiger partial charge in [-0.25, -0.2) is 0 Å². The van der Waals surface area contributed by atoms with E-state index in [1.54, 1.807) is 9.80 Å². The lowest BCUT2D eigenvalue weighted by Crippen LogP contribution is -2.51. The first kappa shape index (κ1) is 19.0. The quantitative estimate of drug-likeness (QED) is 0.787. The highest BCUT2D eigenvalue weighted by molar-refractivity contribution is 5.84. The van der Waals surface area contributed by atoms with Gasteiger partial charge in [0.1, 0.15) is 11.5 Å². The van der Waals surface area contributed by atoms with Gasteiger partial charge in [0.05, 0.1) is 0 Å². The van der Waals surface area contributed by atoms with Gasteiger partial charge in [0.25, 0.3) is 5.91 Å². The molecule has 0 aromatic heterocycles. The molecular weight excluding hydrogens is 320 g/mol. The van der Waals surface area contributed by atoms with Crippen molar-refractivity contribution in [2.75, 3.05) is 32.8 Å². The van der Waals surface area contributed by atoms with E-state index < -0.39 is 0 Å². The monoisotopic (exact) mass is 346 g/mol. The summed E-state index contributed by atoms with van der Waals surface area (Å²) in [6.07, 6.45) is 0.528. The Kier molecular flexibility index (Phi) is 6.56. The molecule has 0 spiro atoms. The summed E-state index contributed by atoms with van der Waals surface area (Å²) in [5.41, 5.74) is 2.17. The van der Waals surface area contributed by atoms with Crippen molar-refractivity contribution in [2.45, 2.75) is 33.6 Å². The van der Waals surface area contributed by atoms with Gasteiger partial charge in [-0.15, -0.1) is 0 Å². The molecule has 1 heterocycles. The number of nitrogens with zero attached hydrogens (tertiary/aromatic N) is 2. The minimum atomic E-state index is -0.0725. The molecule has 1 aromatic rings. The number of piperazine rings is 1. The summed E-state index contributed by atoms with van der Waals surface area (Å²) >= 11 is 0. The summed E-state index contributed by atoms with van der Waals surface area (Å²) in [5, 5.41) is 0.